The Kier molecular flexibility index (Phi) is 96.1. The SMILES string of the molecule is [B][B].[Pt].[Zr]. The van der Waals surface area contributed by atoms with Gasteiger partial charge in [-0.3, -0.25) is 0 Å². The van der Waals surface area contributed by atoms with Crippen LogP contribution in [0.4, 0.5) is 0 Å². The van der Waals surface area contributed by atoms with Crippen LogP contribution in [-0.2, 0) is 47.3 Å². The molecule has 20 valence electrons. The molecule has 0 heterocycles. The second kappa shape index (κ2) is 22.3. The second-order valence-electron chi connectivity index (χ2n) is 0. The fraction of sp³-hybridized carbons (Fsp3) is 0. The third-order valence-corrected chi connectivity index (χ3v) is 0. The molecule has 0 aromatic rings. The molecule has 0 nitrogen and oxygen atoms in total. The minimum atomic E-state index is 0. The molecule has 4 heteroatoms. The Morgan fingerprint density at radius 2 is 1.00 bits per heavy atom. The quantitative estimate of drug-likeness (QED) is 0.516. The Morgan fingerprint density at radius 1 is 1.00 bits per heavy atom. The fourth-order valence-electron chi connectivity index (χ4n) is 0. The van der Waals surface area contributed by atoms with Crippen molar-refractivity contribution in [2.45, 2.75) is 0 Å². The topological polar surface area (TPSA) is 0 Å². The van der Waals surface area contributed by atoms with E-state index >= 15 is 0 Å². The maximum absolute atomic E-state index is 4.00. The molecule has 0 atom stereocenters. The van der Waals surface area contributed by atoms with Crippen molar-refractivity contribution in [3.63, 3.8) is 0 Å². The predicted octanol–water partition coefficient (Wildman–Crippen LogP) is -0.767. The molecule has 0 saturated carbocycles. The molecular formula is B2PtZr. The van der Waals surface area contributed by atoms with Crippen LogP contribution in [0.25, 0.3) is 0 Å². The van der Waals surface area contributed by atoms with Crippen LogP contribution in [0.1, 0.15) is 0 Å². The molecule has 0 unspecified atom stereocenters. The number of hydrogen-bond acceptors (Lipinski definition) is 0. The van der Waals surface area contributed by atoms with Crippen LogP contribution in [0.15, 0.2) is 0 Å². The van der Waals surface area contributed by atoms with E-state index in [0.717, 1.165) is 0 Å². The van der Waals surface area contributed by atoms with Crippen molar-refractivity contribution in [2.75, 3.05) is 0 Å². The van der Waals surface area contributed by atoms with E-state index in [1.54, 1.807) is 0 Å². The summed E-state index contributed by atoms with van der Waals surface area (Å²) in [5, 5.41) is 0. The number of rotatable bonds is 0. The summed E-state index contributed by atoms with van der Waals surface area (Å²) in [5.74, 6) is 0. The summed E-state index contributed by atoms with van der Waals surface area (Å²) in [4.78, 5) is 0. The van der Waals surface area contributed by atoms with Crippen molar-refractivity contribution in [3.8, 4) is 0 Å². The summed E-state index contributed by atoms with van der Waals surface area (Å²) in [7, 11) is 8.00. The van der Waals surface area contributed by atoms with Gasteiger partial charge in [0.15, 0.2) is 0 Å². The van der Waals surface area contributed by atoms with Gasteiger partial charge < -0.3 is 0 Å². The van der Waals surface area contributed by atoms with Crippen molar-refractivity contribution in [1.82, 2.24) is 0 Å². The molecule has 4 radical (unpaired) electrons. The van der Waals surface area contributed by atoms with Gasteiger partial charge in [-0.1, -0.05) is 0 Å². The average Bonchev–Trinajstić information content (AvgIpc) is 1.00. The van der Waals surface area contributed by atoms with Crippen LogP contribution in [-0.4, -0.2) is 15.5 Å². The van der Waals surface area contributed by atoms with Gasteiger partial charge in [0, 0.05) is 62.7 Å². The molecule has 0 aromatic heterocycles. The first-order chi connectivity index (χ1) is 1.00. The van der Waals surface area contributed by atoms with Crippen molar-refractivity contribution in [3.05, 3.63) is 0 Å². The molecule has 0 aliphatic rings. The Labute approximate surface area is 62.3 Å². The second-order valence-corrected chi connectivity index (χ2v) is 0. The van der Waals surface area contributed by atoms with Gasteiger partial charge in [-0.15, -0.1) is 0 Å². The van der Waals surface area contributed by atoms with Gasteiger partial charge in [-0.05, 0) is 0 Å². The summed E-state index contributed by atoms with van der Waals surface area (Å²) in [6, 6.07) is 0. The minimum absolute atomic E-state index is 0. The van der Waals surface area contributed by atoms with E-state index in [9.17, 15) is 0 Å². The molecule has 0 bridgehead atoms. The van der Waals surface area contributed by atoms with E-state index in [1.807, 2.05) is 0 Å². The molecule has 0 aliphatic carbocycles. The molecule has 0 saturated heterocycles. The van der Waals surface area contributed by atoms with Crippen LogP contribution in [0.5, 0.6) is 0 Å². The first kappa shape index (κ1) is 17.3. The zero-order valence-electron chi connectivity index (χ0n) is 1.97. The molecule has 0 N–H and O–H groups in total. The van der Waals surface area contributed by atoms with Gasteiger partial charge in [-0.2, -0.15) is 0 Å². The van der Waals surface area contributed by atoms with Crippen LogP contribution >= 0.6 is 0 Å². The molecule has 0 rings (SSSR count). The zero-order valence-corrected chi connectivity index (χ0v) is 6.70. The Balaban J connectivity index is -0.00000000500. The molecule has 0 amide bonds. The summed E-state index contributed by atoms with van der Waals surface area (Å²) in [6.45, 7) is 0. The third kappa shape index (κ3) is 9.33. The largest absolute Gasteiger partial charge is 0 e. The summed E-state index contributed by atoms with van der Waals surface area (Å²) >= 11 is 0. The smallest absolute Gasteiger partial charge is 0 e. The van der Waals surface area contributed by atoms with Gasteiger partial charge in [0.1, 0.15) is 0 Å². The Hall–Kier alpha value is 1.70. The molecule has 4 heavy (non-hydrogen) atoms. The molecule has 0 aliphatic heterocycles. The van der Waals surface area contributed by atoms with Gasteiger partial charge in [0.25, 0.3) is 0 Å². The predicted molar refractivity (Wildman–Crippen MR) is 11.5 cm³/mol. The average molecular weight is 308 g/mol. The first-order valence-electron chi connectivity index (χ1n) is 0.333. The van der Waals surface area contributed by atoms with Crippen LogP contribution in [0, 0.1) is 0 Å². The van der Waals surface area contributed by atoms with Crippen molar-refractivity contribution in [2.24, 2.45) is 0 Å². The van der Waals surface area contributed by atoms with Crippen molar-refractivity contribution in [1.29, 1.82) is 0 Å². The monoisotopic (exact) mass is 307 g/mol. The minimum Gasteiger partial charge on any atom is 0 e. The summed E-state index contributed by atoms with van der Waals surface area (Å²) in [5.41, 5.74) is 0. The first-order valence-corrected chi connectivity index (χ1v) is 0.333. The third-order valence-electron chi connectivity index (χ3n) is 0. The van der Waals surface area contributed by atoms with Crippen LogP contribution in [0.2, 0.25) is 0 Å². The standard InChI is InChI=1S/B2.Pt.Zr/c1-2;;. The van der Waals surface area contributed by atoms with Gasteiger partial charge in [0.05, 0.1) is 0 Å². The van der Waals surface area contributed by atoms with E-state index in [2.05, 4.69) is 15.5 Å². The van der Waals surface area contributed by atoms with E-state index in [1.165, 1.54) is 0 Å². The number of hydrogen-bond donors (Lipinski definition) is 0. The van der Waals surface area contributed by atoms with Crippen molar-refractivity contribution < 1.29 is 47.3 Å². The summed E-state index contributed by atoms with van der Waals surface area (Å²) < 4.78 is 0. The van der Waals surface area contributed by atoms with E-state index in [4.69, 9.17) is 0 Å². The maximum Gasteiger partial charge on any atom is 0 e. The zero-order chi connectivity index (χ0) is 2.00. The van der Waals surface area contributed by atoms with Gasteiger partial charge >= 0.3 is 0 Å². The van der Waals surface area contributed by atoms with Gasteiger partial charge in [-0.25, -0.2) is 0 Å². The maximum atomic E-state index is 4.00. The molecule has 0 spiro atoms. The molecule has 0 aromatic carbocycles. The van der Waals surface area contributed by atoms with Crippen LogP contribution < -0.4 is 0 Å². The van der Waals surface area contributed by atoms with E-state index in [-0.39, 0.29) is 47.3 Å². The molecular weight excluding hydrogens is 308 g/mol. The van der Waals surface area contributed by atoms with E-state index in [0.29, 0.717) is 0 Å². The Morgan fingerprint density at radius 3 is 1.00 bits per heavy atom. The van der Waals surface area contributed by atoms with E-state index < -0.39 is 0 Å². The fourth-order valence-corrected chi connectivity index (χ4v) is 0. The van der Waals surface area contributed by atoms with Crippen LogP contribution in [0.3, 0.4) is 0 Å². The Bertz CT molecular complexity index is 6.00. The normalized spacial score (nSPS) is 1.00. The molecule has 0 fully saturated rings. The summed E-state index contributed by atoms with van der Waals surface area (Å²) in [6.07, 6.45) is 0. The van der Waals surface area contributed by atoms with Crippen molar-refractivity contribution >= 4 is 15.5 Å². The van der Waals surface area contributed by atoms with Gasteiger partial charge in [0.2, 0.25) is 0 Å².